The Labute approximate surface area is 91.3 Å². The van der Waals surface area contributed by atoms with Crippen LogP contribution in [0.25, 0.3) is 0 Å². The zero-order valence-corrected chi connectivity index (χ0v) is 10.1. The number of hydrogen-bond donors (Lipinski definition) is 0. The minimum Gasteiger partial charge on any atom is -0.302 e. The summed E-state index contributed by atoms with van der Waals surface area (Å²) in [4.78, 5) is 2.21. The van der Waals surface area contributed by atoms with Crippen molar-refractivity contribution in [3.63, 3.8) is 0 Å². The predicted molar refractivity (Wildman–Crippen MR) is 59.6 cm³/mol. The highest BCUT2D eigenvalue weighted by atomic mass is 35.5. The van der Waals surface area contributed by atoms with Crippen LogP contribution in [-0.4, -0.2) is 50.8 Å². The smallest absolute Gasteiger partial charge is 0.148 e. The van der Waals surface area contributed by atoms with Crippen molar-refractivity contribution in [2.24, 2.45) is 5.92 Å². The van der Waals surface area contributed by atoms with Gasteiger partial charge in [-0.05, 0) is 31.8 Å². The quantitative estimate of drug-likeness (QED) is 0.687. The van der Waals surface area contributed by atoms with Crippen LogP contribution < -0.4 is 0 Å². The third-order valence-electron chi connectivity index (χ3n) is 2.70. The second-order valence-electron chi connectivity index (χ2n) is 4.07. The van der Waals surface area contributed by atoms with Crippen LogP contribution in [0.15, 0.2) is 0 Å². The SMILES string of the molecule is CS(=O)(=O)CCN1CCC(CCl)CC1. The Bertz CT molecular complexity index is 258. The zero-order chi connectivity index (χ0) is 10.6. The average molecular weight is 240 g/mol. The molecule has 0 aliphatic carbocycles. The van der Waals surface area contributed by atoms with E-state index < -0.39 is 9.84 Å². The second-order valence-corrected chi connectivity index (χ2v) is 6.64. The van der Waals surface area contributed by atoms with Crippen LogP contribution in [0, 0.1) is 5.92 Å². The fourth-order valence-electron chi connectivity index (χ4n) is 1.66. The molecule has 0 unspecified atom stereocenters. The van der Waals surface area contributed by atoms with Crippen LogP contribution in [0.2, 0.25) is 0 Å². The molecular formula is C9H18ClNO2S. The molecule has 5 heteroatoms. The van der Waals surface area contributed by atoms with E-state index in [4.69, 9.17) is 11.6 Å². The number of rotatable bonds is 4. The first kappa shape index (κ1) is 12.3. The number of hydrogen-bond acceptors (Lipinski definition) is 3. The Morgan fingerprint density at radius 2 is 1.93 bits per heavy atom. The minimum atomic E-state index is -2.81. The van der Waals surface area contributed by atoms with Gasteiger partial charge in [0.25, 0.3) is 0 Å². The van der Waals surface area contributed by atoms with Crippen molar-refractivity contribution in [3.05, 3.63) is 0 Å². The summed E-state index contributed by atoms with van der Waals surface area (Å²) in [6, 6.07) is 0. The fraction of sp³-hybridized carbons (Fsp3) is 1.00. The number of halogens is 1. The summed E-state index contributed by atoms with van der Waals surface area (Å²) < 4.78 is 21.9. The van der Waals surface area contributed by atoms with Crippen LogP contribution in [-0.2, 0) is 9.84 Å². The zero-order valence-electron chi connectivity index (χ0n) is 8.58. The van der Waals surface area contributed by atoms with Crippen molar-refractivity contribution in [1.82, 2.24) is 4.90 Å². The van der Waals surface area contributed by atoms with E-state index in [0.717, 1.165) is 31.8 Å². The highest BCUT2D eigenvalue weighted by Gasteiger charge is 2.18. The van der Waals surface area contributed by atoms with Crippen molar-refractivity contribution >= 4 is 21.4 Å². The highest BCUT2D eigenvalue weighted by Crippen LogP contribution is 2.17. The number of nitrogens with zero attached hydrogens (tertiary/aromatic N) is 1. The molecule has 0 atom stereocenters. The number of alkyl halides is 1. The van der Waals surface area contributed by atoms with Crippen molar-refractivity contribution in [3.8, 4) is 0 Å². The van der Waals surface area contributed by atoms with Crippen LogP contribution in [0.1, 0.15) is 12.8 Å². The van der Waals surface area contributed by atoms with Gasteiger partial charge in [0.15, 0.2) is 0 Å². The fourth-order valence-corrected chi connectivity index (χ4v) is 2.56. The number of piperidine rings is 1. The molecule has 0 bridgehead atoms. The lowest BCUT2D eigenvalue weighted by Crippen LogP contribution is -2.37. The molecule has 0 spiro atoms. The Morgan fingerprint density at radius 1 is 1.36 bits per heavy atom. The second kappa shape index (κ2) is 5.33. The third kappa shape index (κ3) is 4.62. The van der Waals surface area contributed by atoms with Gasteiger partial charge in [-0.2, -0.15) is 0 Å². The molecule has 0 aromatic heterocycles. The van der Waals surface area contributed by atoms with Crippen molar-refractivity contribution in [2.45, 2.75) is 12.8 Å². The van der Waals surface area contributed by atoms with Gasteiger partial charge in [0, 0.05) is 18.7 Å². The lowest BCUT2D eigenvalue weighted by Gasteiger charge is -2.30. The van der Waals surface area contributed by atoms with Gasteiger partial charge in [-0.3, -0.25) is 0 Å². The summed E-state index contributed by atoms with van der Waals surface area (Å²) in [6.07, 6.45) is 3.50. The average Bonchev–Trinajstić information content (AvgIpc) is 2.14. The van der Waals surface area contributed by atoms with Gasteiger partial charge in [0.2, 0.25) is 0 Å². The predicted octanol–water partition coefficient (Wildman–Crippen LogP) is 0.982. The maximum Gasteiger partial charge on any atom is 0.148 e. The lowest BCUT2D eigenvalue weighted by molar-refractivity contribution is 0.203. The van der Waals surface area contributed by atoms with Gasteiger partial charge in [0.1, 0.15) is 9.84 Å². The van der Waals surface area contributed by atoms with E-state index >= 15 is 0 Å². The molecule has 14 heavy (non-hydrogen) atoms. The van der Waals surface area contributed by atoms with Crippen LogP contribution in [0.5, 0.6) is 0 Å². The minimum absolute atomic E-state index is 0.276. The monoisotopic (exact) mass is 239 g/mol. The van der Waals surface area contributed by atoms with Gasteiger partial charge in [-0.25, -0.2) is 8.42 Å². The summed E-state index contributed by atoms with van der Waals surface area (Å²) in [5.41, 5.74) is 0. The first-order valence-corrected chi connectivity index (χ1v) is 7.57. The Balaban J connectivity index is 2.23. The molecular weight excluding hydrogens is 222 g/mol. The molecule has 0 N–H and O–H groups in total. The van der Waals surface area contributed by atoms with E-state index in [9.17, 15) is 8.42 Å². The van der Waals surface area contributed by atoms with Crippen molar-refractivity contribution in [2.75, 3.05) is 37.5 Å². The maximum absolute atomic E-state index is 10.9. The molecule has 1 aliphatic rings. The normalized spacial score (nSPS) is 21.3. The molecule has 84 valence electrons. The van der Waals surface area contributed by atoms with Gasteiger partial charge in [-0.1, -0.05) is 0 Å². The first-order valence-electron chi connectivity index (χ1n) is 4.97. The van der Waals surface area contributed by atoms with Crippen molar-refractivity contribution < 1.29 is 8.42 Å². The van der Waals surface area contributed by atoms with E-state index in [1.807, 2.05) is 0 Å². The van der Waals surface area contributed by atoms with Crippen LogP contribution >= 0.6 is 11.6 Å². The van der Waals surface area contributed by atoms with Crippen LogP contribution in [0.4, 0.5) is 0 Å². The third-order valence-corrected chi connectivity index (χ3v) is 4.06. The molecule has 0 aromatic carbocycles. The molecule has 0 aromatic rings. The molecule has 1 heterocycles. The Hall–Kier alpha value is 0.200. The van der Waals surface area contributed by atoms with E-state index in [-0.39, 0.29) is 5.75 Å². The molecule has 1 aliphatic heterocycles. The molecule has 1 fully saturated rings. The van der Waals surface area contributed by atoms with Gasteiger partial charge < -0.3 is 4.90 Å². The van der Waals surface area contributed by atoms with Gasteiger partial charge in [0.05, 0.1) is 5.75 Å². The standard InChI is InChI=1S/C9H18ClNO2S/c1-14(12,13)7-6-11-4-2-9(8-10)3-5-11/h9H,2-8H2,1H3. The van der Waals surface area contributed by atoms with Gasteiger partial charge >= 0.3 is 0 Å². The molecule has 3 nitrogen and oxygen atoms in total. The summed E-state index contributed by atoms with van der Waals surface area (Å²) in [5.74, 6) is 1.64. The van der Waals surface area contributed by atoms with E-state index in [2.05, 4.69) is 4.90 Å². The van der Waals surface area contributed by atoms with Gasteiger partial charge in [-0.15, -0.1) is 11.6 Å². The van der Waals surface area contributed by atoms with E-state index in [1.165, 1.54) is 6.26 Å². The largest absolute Gasteiger partial charge is 0.302 e. The summed E-state index contributed by atoms with van der Waals surface area (Å²) in [5, 5.41) is 0. The number of likely N-dealkylation sites (tertiary alicyclic amines) is 1. The van der Waals surface area contributed by atoms with Crippen molar-refractivity contribution in [1.29, 1.82) is 0 Å². The molecule has 0 amide bonds. The number of sulfone groups is 1. The Kier molecular flexibility index (Phi) is 4.67. The molecule has 1 rings (SSSR count). The maximum atomic E-state index is 10.9. The topological polar surface area (TPSA) is 37.4 Å². The summed E-state index contributed by atoms with van der Waals surface area (Å²) >= 11 is 5.76. The van der Waals surface area contributed by atoms with Crippen LogP contribution in [0.3, 0.4) is 0 Å². The Morgan fingerprint density at radius 3 is 2.36 bits per heavy atom. The highest BCUT2D eigenvalue weighted by molar-refractivity contribution is 7.90. The first-order chi connectivity index (χ1) is 6.51. The summed E-state index contributed by atoms with van der Waals surface area (Å²) in [7, 11) is -2.81. The molecule has 0 radical (unpaired) electrons. The molecule has 1 saturated heterocycles. The summed E-state index contributed by atoms with van der Waals surface area (Å²) in [6.45, 7) is 2.66. The lowest BCUT2D eigenvalue weighted by atomic mass is 9.99. The van der Waals surface area contributed by atoms with E-state index in [0.29, 0.717) is 12.5 Å². The van der Waals surface area contributed by atoms with E-state index in [1.54, 1.807) is 0 Å². The molecule has 0 saturated carbocycles.